The highest BCUT2D eigenvalue weighted by molar-refractivity contribution is 6.64. The van der Waals surface area contributed by atoms with Crippen LogP contribution in [0.15, 0.2) is 25.0 Å². The summed E-state index contributed by atoms with van der Waals surface area (Å²) in [4.78, 5) is 12.8. The second kappa shape index (κ2) is 5.86. The van der Waals surface area contributed by atoms with Crippen LogP contribution in [0.2, 0.25) is 0 Å². The molecule has 0 unspecified atom stereocenters. The zero-order valence-corrected chi connectivity index (χ0v) is 15.0. The third kappa shape index (κ3) is 2.91. The molecule has 128 valence electrons. The average Bonchev–Trinajstić information content (AvgIpc) is 3.05. The Morgan fingerprint density at radius 3 is 2.33 bits per heavy atom. The summed E-state index contributed by atoms with van der Waals surface area (Å²) < 4.78 is 20.1. The van der Waals surface area contributed by atoms with Gasteiger partial charge in [0.1, 0.15) is 18.5 Å². The smallest absolute Gasteiger partial charge is 0.475 e. The van der Waals surface area contributed by atoms with Gasteiger partial charge in [-0.3, -0.25) is 4.57 Å². The van der Waals surface area contributed by atoms with Gasteiger partial charge in [0.25, 0.3) is 0 Å². The largest absolute Gasteiger partial charge is 0.504 e. The maximum atomic E-state index is 6.20. The second-order valence-electron chi connectivity index (χ2n) is 7.14. The van der Waals surface area contributed by atoms with Crippen molar-refractivity contribution in [3.8, 4) is 11.7 Å². The van der Waals surface area contributed by atoms with Crippen LogP contribution in [0.1, 0.15) is 41.5 Å². The van der Waals surface area contributed by atoms with Gasteiger partial charge in [-0.05, 0) is 41.5 Å². The normalized spacial score (nSPS) is 19.0. The molecular weight excluding hydrogens is 307 g/mol. The van der Waals surface area contributed by atoms with Crippen LogP contribution in [0.4, 0.5) is 0 Å². The summed E-state index contributed by atoms with van der Waals surface area (Å²) in [5.74, 6) is 1.10. The van der Waals surface area contributed by atoms with Gasteiger partial charge in [0.2, 0.25) is 5.88 Å². The van der Waals surface area contributed by atoms with E-state index in [9.17, 15) is 0 Å². The average molecular weight is 330 g/mol. The van der Waals surface area contributed by atoms with Crippen LogP contribution in [0.3, 0.4) is 0 Å². The molecule has 0 amide bonds. The van der Waals surface area contributed by atoms with E-state index < -0.39 is 18.3 Å². The Bertz CT molecular complexity index is 700. The number of ether oxygens (including phenoxy) is 1. The third-order valence-electron chi connectivity index (χ3n) is 4.41. The molecule has 1 saturated heterocycles. The van der Waals surface area contributed by atoms with Gasteiger partial charge in [-0.25, -0.2) is 15.0 Å². The van der Waals surface area contributed by atoms with E-state index in [0.29, 0.717) is 17.2 Å². The summed E-state index contributed by atoms with van der Waals surface area (Å²) in [5.41, 5.74) is -0.258. The van der Waals surface area contributed by atoms with E-state index in [-0.39, 0.29) is 6.10 Å². The van der Waals surface area contributed by atoms with Crippen molar-refractivity contribution in [3.63, 3.8) is 0 Å². The number of hydrogen-bond donors (Lipinski definition) is 0. The fourth-order valence-electron chi connectivity index (χ4n) is 2.45. The maximum absolute atomic E-state index is 6.20. The zero-order valence-electron chi connectivity index (χ0n) is 15.0. The molecular formula is C16H23BN4O3. The van der Waals surface area contributed by atoms with E-state index in [1.165, 1.54) is 6.33 Å². The lowest BCUT2D eigenvalue weighted by atomic mass is 9.79. The minimum Gasteiger partial charge on any atom is -0.475 e. The van der Waals surface area contributed by atoms with Crippen LogP contribution in [-0.4, -0.2) is 43.9 Å². The first kappa shape index (κ1) is 16.9. The Balaban J connectivity index is 2.11. The molecule has 24 heavy (non-hydrogen) atoms. The quantitative estimate of drug-likeness (QED) is 0.796. The van der Waals surface area contributed by atoms with Gasteiger partial charge in [0.05, 0.1) is 22.8 Å². The van der Waals surface area contributed by atoms with E-state index >= 15 is 0 Å². The third-order valence-corrected chi connectivity index (χ3v) is 4.41. The van der Waals surface area contributed by atoms with Gasteiger partial charge in [-0.15, -0.1) is 0 Å². The highest BCUT2D eigenvalue weighted by atomic mass is 16.7. The molecule has 3 heterocycles. The fourth-order valence-corrected chi connectivity index (χ4v) is 2.45. The molecule has 0 aliphatic carbocycles. The Morgan fingerprint density at radius 1 is 1.12 bits per heavy atom. The summed E-state index contributed by atoms with van der Waals surface area (Å²) in [5, 5.41) is 0. The molecule has 7 nitrogen and oxygen atoms in total. The summed E-state index contributed by atoms with van der Waals surface area (Å²) in [6, 6.07) is 0. The monoisotopic (exact) mass is 330 g/mol. The van der Waals surface area contributed by atoms with E-state index in [1.54, 1.807) is 17.1 Å². The van der Waals surface area contributed by atoms with Crippen molar-refractivity contribution in [2.24, 2.45) is 0 Å². The molecule has 1 aliphatic heterocycles. The van der Waals surface area contributed by atoms with Gasteiger partial charge in [0.15, 0.2) is 0 Å². The SMILES string of the molecule is CC(C)Oc1ncnc(-n2ccnc2)c1B1OC(C)(C)C(C)(C)O1. The fraction of sp³-hybridized carbons (Fsp3) is 0.562. The molecule has 0 radical (unpaired) electrons. The Labute approximate surface area is 142 Å². The van der Waals surface area contributed by atoms with Crippen molar-refractivity contribution in [2.45, 2.75) is 58.8 Å². The molecule has 0 atom stereocenters. The van der Waals surface area contributed by atoms with Crippen molar-refractivity contribution in [1.82, 2.24) is 19.5 Å². The van der Waals surface area contributed by atoms with Gasteiger partial charge < -0.3 is 14.0 Å². The zero-order chi connectivity index (χ0) is 17.5. The molecule has 3 rings (SSSR count). The van der Waals surface area contributed by atoms with Crippen LogP contribution in [0, 0.1) is 0 Å². The van der Waals surface area contributed by atoms with Crippen molar-refractivity contribution in [2.75, 3.05) is 0 Å². The molecule has 1 aliphatic rings. The van der Waals surface area contributed by atoms with E-state index in [4.69, 9.17) is 14.0 Å². The molecule has 0 spiro atoms. The Kier molecular flexibility index (Phi) is 4.13. The van der Waals surface area contributed by atoms with Gasteiger partial charge in [-0.2, -0.15) is 0 Å². The van der Waals surface area contributed by atoms with Crippen LogP contribution in [0.5, 0.6) is 5.88 Å². The topological polar surface area (TPSA) is 71.3 Å². The minimum absolute atomic E-state index is 0.0308. The number of nitrogens with zero attached hydrogens (tertiary/aromatic N) is 4. The van der Waals surface area contributed by atoms with E-state index in [1.807, 2.05) is 47.7 Å². The van der Waals surface area contributed by atoms with Crippen LogP contribution in [0.25, 0.3) is 5.82 Å². The summed E-state index contributed by atoms with van der Waals surface area (Å²) in [7, 11) is -0.623. The lowest BCUT2D eigenvalue weighted by Crippen LogP contribution is -2.41. The lowest BCUT2D eigenvalue weighted by Gasteiger charge is -2.32. The van der Waals surface area contributed by atoms with E-state index in [0.717, 1.165) is 0 Å². The molecule has 2 aromatic heterocycles. The molecule has 2 aromatic rings. The predicted molar refractivity (Wildman–Crippen MR) is 90.6 cm³/mol. The van der Waals surface area contributed by atoms with Crippen molar-refractivity contribution >= 4 is 12.6 Å². The standard InChI is InChI=1S/C16H23BN4O3/c1-11(2)22-14-12(17-23-15(3,4)16(5,6)24-17)13(19-9-20-14)21-8-7-18-10-21/h7-11H,1-6H3. The number of aromatic nitrogens is 4. The number of rotatable bonds is 4. The maximum Gasteiger partial charge on any atom is 0.504 e. The molecule has 0 aromatic carbocycles. The molecule has 1 fully saturated rings. The van der Waals surface area contributed by atoms with Crippen LogP contribution >= 0.6 is 0 Å². The first-order chi connectivity index (χ1) is 11.2. The predicted octanol–water partition coefficient (Wildman–Crippen LogP) is 1.75. The Morgan fingerprint density at radius 2 is 1.79 bits per heavy atom. The van der Waals surface area contributed by atoms with Crippen molar-refractivity contribution in [1.29, 1.82) is 0 Å². The van der Waals surface area contributed by atoms with Crippen LogP contribution in [-0.2, 0) is 9.31 Å². The van der Waals surface area contributed by atoms with E-state index in [2.05, 4.69) is 15.0 Å². The second-order valence-corrected chi connectivity index (χ2v) is 7.14. The highest BCUT2D eigenvalue weighted by Crippen LogP contribution is 2.37. The number of imidazole rings is 1. The summed E-state index contributed by atoms with van der Waals surface area (Å²) in [6.07, 6.45) is 6.63. The van der Waals surface area contributed by atoms with Gasteiger partial charge in [-0.1, -0.05) is 0 Å². The van der Waals surface area contributed by atoms with Gasteiger partial charge in [0, 0.05) is 12.4 Å². The van der Waals surface area contributed by atoms with Crippen molar-refractivity contribution in [3.05, 3.63) is 25.0 Å². The minimum atomic E-state index is -0.623. The van der Waals surface area contributed by atoms with Crippen LogP contribution < -0.4 is 10.2 Å². The lowest BCUT2D eigenvalue weighted by molar-refractivity contribution is 0.00578. The van der Waals surface area contributed by atoms with Gasteiger partial charge >= 0.3 is 7.12 Å². The first-order valence-corrected chi connectivity index (χ1v) is 8.07. The molecule has 0 bridgehead atoms. The van der Waals surface area contributed by atoms with Crippen molar-refractivity contribution < 1.29 is 14.0 Å². The summed E-state index contributed by atoms with van der Waals surface area (Å²) >= 11 is 0. The summed E-state index contributed by atoms with van der Waals surface area (Å²) in [6.45, 7) is 11.9. The molecule has 8 heteroatoms. The molecule has 0 saturated carbocycles. The highest BCUT2D eigenvalue weighted by Gasteiger charge is 2.53. The Hall–Kier alpha value is -1.93. The first-order valence-electron chi connectivity index (χ1n) is 8.07. The number of hydrogen-bond acceptors (Lipinski definition) is 6. The molecule has 0 N–H and O–H groups in total.